The Balaban J connectivity index is 1.63. The normalized spacial score (nSPS) is 34.8. The maximum absolute atomic E-state index is 3.75. The minimum atomic E-state index is 0.111. The largest absolute Gasteiger partial charge is 0.305 e. The highest BCUT2D eigenvalue weighted by Gasteiger charge is 2.33. The summed E-state index contributed by atoms with van der Waals surface area (Å²) in [4.78, 5) is 2.70. The molecule has 21 heavy (non-hydrogen) atoms. The molecule has 1 heterocycles. The summed E-state index contributed by atoms with van der Waals surface area (Å²) in [5, 5.41) is 3.75. The lowest BCUT2D eigenvalue weighted by Gasteiger charge is -2.43. The van der Waals surface area contributed by atoms with Crippen LogP contribution in [0.4, 0.5) is 0 Å². The minimum Gasteiger partial charge on any atom is -0.305 e. The maximum Gasteiger partial charge on any atom is 0.0535 e. The highest BCUT2D eigenvalue weighted by atomic mass is 15.2. The van der Waals surface area contributed by atoms with Crippen molar-refractivity contribution in [2.45, 2.75) is 45.1 Å². The molecule has 2 heteroatoms. The fourth-order valence-corrected chi connectivity index (χ4v) is 4.32. The third-order valence-electron chi connectivity index (χ3n) is 5.46. The first-order valence-electron chi connectivity index (χ1n) is 8.69. The van der Waals surface area contributed by atoms with Crippen molar-refractivity contribution in [3.8, 4) is 0 Å². The average molecular weight is 286 g/mol. The van der Waals surface area contributed by atoms with E-state index in [1.54, 1.807) is 0 Å². The Labute approximate surface area is 129 Å². The van der Waals surface area contributed by atoms with E-state index in [-0.39, 0.29) is 5.54 Å². The predicted octanol–water partition coefficient (Wildman–Crippen LogP) is 3.63. The van der Waals surface area contributed by atoms with Gasteiger partial charge in [0.2, 0.25) is 0 Å². The molecule has 0 spiro atoms. The highest BCUT2D eigenvalue weighted by Crippen LogP contribution is 2.31. The zero-order valence-electron chi connectivity index (χ0n) is 13.6. The van der Waals surface area contributed by atoms with E-state index in [0.717, 1.165) is 24.9 Å². The second kappa shape index (κ2) is 6.50. The lowest BCUT2D eigenvalue weighted by atomic mass is 9.81. The quantitative estimate of drug-likeness (QED) is 0.913. The summed E-state index contributed by atoms with van der Waals surface area (Å²) >= 11 is 0. The van der Waals surface area contributed by atoms with E-state index in [1.807, 2.05) is 0 Å². The smallest absolute Gasteiger partial charge is 0.0535 e. The van der Waals surface area contributed by atoms with Crippen LogP contribution in [-0.4, -0.2) is 31.1 Å². The van der Waals surface area contributed by atoms with Crippen molar-refractivity contribution < 1.29 is 0 Å². The van der Waals surface area contributed by atoms with Crippen LogP contribution in [0, 0.1) is 11.8 Å². The van der Waals surface area contributed by atoms with E-state index < -0.39 is 0 Å². The van der Waals surface area contributed by atoms with Gasteiger partial charge in [0.05, 0.1) is 5.54 Å². The first-order valence-corrected chi connectivity index (χ1v) is 8.69. The molecule has 3 unspecified atom stereocenters. The Hall–Kier alpha value is -0.860. The second-order valence-corrected chi connectivity index (χ2v) is 7.50. The third-order valence-corrected chi connectivity index (χ3v) is 5.46. The van der Waals surface area contributed by atoms with Gasteiger partial charge in [0.15, 0.2) is 0 Å². The van der Waals surface area contributed by atoms with Crippen LogP contribution < -0.4 is 5.32 Å². The number of piperazine rings is 1. The van der Waals surface area contributed by atoms with Crippen LogP contribution in [0.25, 0.3) is 0 Å². The predicted molar refractivity (Wildman–Crippen MR) is 89.4 cm³/mol. The summed E-state index contributed by atoms with van der Waals surface area (Å²) in [7, 11) is 0. The van der Waals surface area contributed by atoms with Crippen LogP contribution in [0.15, 0.2) is 30.3 Å². The molecule has 1 aliphatic carbocycles. The summed E-state index contributed by atoms with van der Waals surface area (Å²) in [6, 6.07) is 10.9. The van der Waals surface area contributed by atoms with Crippen molar-refractivity contribution in [3.63, 3.8) is 0 Å². The SMILES string of the molecule is CC1CCCC(CN2CCNC(C)(c3ccccc3)C2)C1. The molecular weight excluding hydrogens is 256 g/mol. The van der Waals surface area contributed by atoms with Crippen molar-refractivity contribution >= 4 is 0 Å². The fourth-order valence-electron chi connectivity index (χ4n) is 4.32. The van der Waals surface area contributed by atoms with Gasteiger partial charge in [0.1, 0.15) is 0 Å². The molecule has 1 aliphatic heterocycles. The third kappa shape index (κ3) is 3.67. The van der Waals surface area contributed by atoms with E-state index >= 15 is 0 Å². The van der Waals surface area contributed by atoms with Crippen molar-refractivity contribution in [2.24, 2.45) is 11.8 Å². The van der Waals surface area contributed by atoms with E-state index in [2.05, 4.69) is 54.4 Å². The molecule has 0 aromatic heterocycles. The van der Waals surface area contributed by atoms with Gasteiger partial charge >= 0.3 is 0 Å². The standard InChI is InChI=1S/C19H30N2/c1-16-7-6-8-17(13-16)14-21-12-11-20-19(2,15-21)18-9-4-3-5-10-18/h3-5,9-10,16-17,20H,6-8,11-15H2,1-2H3. The molecule has 116 valence electrons. The Morgan fingerprint density at radius 3 is 2.81 bits per heavy atom. The average Bonchev–Trinajstić information content (AvgIpc) is 2.48. The lowest BCUT2D eigenvalue weighted by Crippen LogP contribution is -2.57. The van der Waals surface area contributed by atoms with E-state index in [1.165, 1.54) is 44.3 Å². The molecule has 0 radical (unpaired) electrons. The molecule has 1 saturated carbocycles. The molecule has 3 rings (SSSR count). The van der Waals surface area contributed by atoms with Gasteiger partial charge in [0, 0.05) is 26.2 Å². The Morgan fingerprint density at radius 2 is 2.05 bits per heavy atom. The molecule has 2 aliphatic rings. The summed E-state index contributed by atoms with van der Waals surface area (Å²) in [6.07, 6.45) is 5.76. The number of nitrogens with zero attached hydrogens (tertiary/aromatic N) is 1. The van der Waals surface area contributed by atoms with Crippen LogP contribution >= 0.6 is 0 Å². The number of benzene rings is 1. The monoisotopic (exact) mass is 286 g/mol. The number of hydrogen-bond acceptors (Lipinski definition) is 2. The summed E-state index contributed by atoms with van der Waals surface area (Å²) < 4.78 is 0. The van der Waals surface area contributed by atoms with Gasteiger partial charge < -0.3 is 5.32 Å². The molecular formula is C19H30N2. The Morgan fingerprint density at radius 1 is 1.24 bits per heavy atom. The zero-order valence-corrected chi connectivity index (χ0v) is 13.6. The van der Waals surface area contributed by atoms with Gasteiger partial charge in [-0.05, 0) is 37.2 Å². The van der Waals surface area contributed by atoms with Gasteiger partial charge in [-0.1, -0.05) is 50.1 Å². The molecule has 2 nitrogen and oxygen atoms in total. The topological polar surface area (TPSA) is 15.3 Å². The number of hydrogen-bond donors (Lipinski definition) is 1. The van der Waals surface area contributed by atoms with Gasteiger partial charge in [0.25, 0.3) is 0 Å². The van der Waals surface area contributed by atoms with Gasteiger partial charge in [-0.3, -0.25) is 4.90 Å². The number of nitrogens with one attached hydrogen (secondary N) is 1. The van der Waals surface area contributed by atoms with Crippen LogP contribution in [0.2, 0.25) is 0 Å². The van der Waals surface area contributed by atoms with Crippen molar-refractivity contribution in [1.29, 1.82) is 0 Å². The molecule has 2 fully saturated rings. The summed E-state index contributed by atoms with van der Waals surface area (Å²) in [5.74, 6) is 1.86. The maximum atomic E-state index is 3.75. The van der Waals surface area contributed by atoms with E-state index in [9.17, 15) is 0 Å². The van der Waals surface area contributed by atoms with E-state index in [0.29, 0.717) is 0 Å². The van der Waals surface area contributed by atoms with Crippen LogP contribution in [0.3, 0.4) is 0 Å². The van der Waals surface area contributed by atoms with Crippen molar-refractivity contribution in [2.75, 3.05) is 26.2 Å². The van der Waals surface area contributed by atoms with Crippen LogP contribution in [0.5, 0.6) is 0 Å². The van der Waals surface area contributed by atoms with E-state index in [4.69, 9.17) is 0 Å². The van der Waals surface area contributed by atoms with Gasteiger partial charge in [-0.25, -0.2) is 0 Å². The highest BCUT2D eigenvalue weighted by molar-refractivity contribution is 5.24. The molecule has 0 bridgehead atoms. The molecule has 0 amide bonds. The molecule has 3 atom stereocenters. The molecule has 1 aromatic rings. The molecule has 1 aromatic carbocycles. The van der Waals surface area contributed by atoms with Gasteiger partial charge in [-0.15, -0.1) is 0 Å². The molecule has 1 saturated heterocycles. The minimum absolute atomic E-state index is 0.111. The summed E-state index contributed by atoms with van der Waals surface area (Å²) in [6.45, 7) is 9.54. The number of rotatable bonds is 3. The first-order chi connectivity index (χ1) is 10.2. The first kappa shape index (κ1) is 15.1. The summed E-state index contributed by atoms with van der Waals surface area (Å²) in [5.41, 5.74) is 1.53. The fraction of sp³-hybridized carbons (Fsp3) is 0.684. The van der Waals surface area contributed by atoms with Gasteiger partial charge in [-0.2, -0.15) is 0 Å². The molecule has 1 N–H and O–H groups in total. The van der Waals surface area contributed by atoms with Crippen molar-refractivity contribution in [3.05, 3.63) is 35.9 Å². The Kier molecular flexibility index (Phi) is 4.66. The lowest BCUT2D eigenvalue weighted by molar-refractivity contribution is 0.108. The van der Waals surface area contributed by atoms with Crippen LogP contribution in [-0.2, 0) is 5.54 Å². The second-order valence-electron chi connectivity index (χ2n) is 7.50. The van der Waals surface area contributed by atoms with Crippen molar-refractivity contribution in [1.82, 2.24) is 10.2 Å². The van der Waals surface area contributed by atoms with Crippen LogP contribution in [0.1, 0.15) is 45.1 Å². The Bertz CT molecular complexity index is 444. The zero-order chi connectivity index (χ0) is 14.7.